The van der Waals surface area contributed by atoms with E-state index in [9.17, 15) is 0 Å². The van der Waals surface area contributed by atoms with E-state index in [4.69, 9.17) is 15.1 Å². The van der Waals surface area contributed by atoms with Crippen molar-refractivity contribution in [1.82, 2.24) is 0 Å². The SMILES string of the molecule is [B][P+](C)(CC[P+]([B])(C)C(C)(C)C)C(C)(C)C. The molecule has 0 aliphatic rings. The normalized spacial score (nSPS) is 21.2. The molecule has 0 rings (SSSR count). The highest BCUT2D eigenvalue weighted by Gasteiger charge is 2.45. The molecule has 4 radical (unpaired) electrons. The van der Waals surface area contributed by atoms with Gasteiger partial charge in [-0.05, 0) is 55.8 Å². The molecule has 0 aromatic rings. The molecule has 0 N–H and O–H groups in total. The van der Waals surface area contributed by atoms with Gasteiger partial charge < -0.3 is 0 Å². The Morgan fingerprint density at radius 2 is 0.875 bits per heavy atom. The predicted molar refractivity (Wildman–Crippen MR) is 86.4 cm³/mol. The molecule has 0 spiro atoms. The molecular weight excluding hydrogens is 228 g/mol. The molecule has 0 aromatic carbocycles. The van der Waals surface area contributed by atoms with Gasteiger partial charge in [-0.1, -0.05) is 0 Å². The molecule has 4 heteroatoms. The highest BCUT2D eigenvalue weighted by atomic mass is 31.2. The maximum Gasteiger partial charge on any atom is 0.365 e. The Hall–Kier alpha value is 0.990. The summed E-state index contributed by atoms with van der Waals surface area (Å²) in [5, 5.41) is 0.482. The maximum absolute atomic E-state index is 6.52. The van der Waals surface area contributed by atoms with E-state index in [0.29, 0.717) is 0 Å². The first-order valence-electron chi connectivity index (χ1n) is 5.99. The van der Waals surface area contributed by atoms with Crippen molar-refractivity contribution in [3.63, 3.8) is 0 Å². The quantitative estimate of drug-likeness (QED) is 0.527. The number of hydrogen-bond donors (Lipinski definition) is 0. The summed E-state index contributed by atoms with van der Waals surface area (Å²) in [5.41, 5.74) is 0. The second kappa shape index (κ2) is 4.93. The zero-order chi connectivity index (χ0) is 13.4. The summed E-state index contributed by atoms with van der Waals surface area (Å²) in [7, 11) is 10.3. The van der Waals surface area contributed by atoms with Crippen LogP contribution in [0.3, 0.4) is 0 Å². The van der Waals surface area contributed by atoms with Gasteiger partial charge in [-0.15, -0.1) is 0 Å². The van der Waals surface area contributed by atoms with Crippen molar-refractivity contribution in [1.29, 1.82) is 0 Å². The van der Waals surface area contributed by atoms with Crippen LogP contribution in [0.4, 0.5) is 0 Å². The van der Waals surface area contributed by atoms with Gasteiger partial charge in [-0.2, -0.15) is 0 Å². The summed E-state index contributed by atoms with van der Waals surface area (Å²) in [4.78, 5) is 0. The maximum atomic E-state index is 6.52. The smallest absolute Gasteiger partial charge is 0.0343 e. The molecule has 0 nitrogen and oxygen atoms in total. The van der Waals surface area contributed by atoms with Crippen LogP contribution in [0.1, 0.15) is 41.5 Å². The fraction of sp³-hybridized carbons (Fsp3) is 1.00. The summed E-state index contributed by atoms with van der Waals surface area (Å²) in [6.07, 6.45) is 2.24. The molecule has 0 aromatic heterocycles. The minimum absolute atomic E-state index is 0.241. The Balaban J connectivity index is 4.59. The highest BCUT2D eigenvalue weighted by molar-refractivity contribution is 8.01. The van der Waals surface area contributed by atoms with E-state index in [1.807, 2.05) is 0 Å². The molecule has 2 unspecified atom stereocenters. The van der Waals surface area contributed by atoms with Gasteiger partial charge in [0.05, 0.1) is 22.6 Å². The van der Waals surface area contributed by atoms with Crippen molar-refractivity contribution in [2.75, 3.05) is 25.7 Å². The van der Waals surface area contributed by atoms with E-state index in [1.165, 1.54) is 0 Å². The van der Waals surface area contributed by atoms with Gasteiger partial charge in [-0.25, -0.2) is 0 Å². The van der Waals surface area contributed by atoms with Crippen LogP contribution >= 0.6 is 14.3 Å². The highest BCUT2D eigenvalue weighted by Crippen LogP contribution is 2.68. The monoisotopic (exact) mass is 256 g/mol. The Morgan fingerprint density at radius 3 is 1.00 bits per heavy atom. The van der Waals surface area contributed by atoms with Gasteiger partial charge in [-0.3, -0.25) is 0 Å². The van der Waals surface area contributed by atoms with Gasteiger partial charge in [0.15, 0.2) is 0 Å². The molecule has 0 bridgehead atoms. The second-order valence-corrected chi connectivity index (χ2v) is 16.0. The zero-order valence-electron chi connectivity index (χ0n) is 12.5. The number of hydrogen-bond acceptors (Lipinski definition) is 0. The summed E-state index contributed by atoms with van der Waals surface area (Å²) in [6, 6.07) is 0. The van der Waals surface area contributed by atoms with Crippen molar-refractivity contribution in [2.24, 2.45) is 0 Å². The van der Waals surface area contributed by atoms with E-state index in [-0.39, 0.29) is 10.3 Å². The Labute approximate surface area is 107 Å². The molecule has 90 valence electrons. The fourth-order valence-corrected chi connectivity index (χ4v) is 5.75. The lowest BCUT2D eigenvalue weighted by Gasteiger charge is -2.37. The van der Waals surface area contributed by atoms with Crippen molar-refractivity contribution in [2.45, 2.75) is 51.9 Å². The average Bonchev–Trinajstić information content (AvgIpc) is 1.97. The lowest BCUT2D eigenvalue weighted by Crippen LogP contribution is -2.28. The van der Waals surface area contributed by atoms with Crippen molar-refractivity contribution in [3.8, 4) is 0 Å². The van der Waals surface area contributed by atoms with Crippen LogP contribution in [0.5, 0.6) is 0 Å². The van der Waals surface area contributed by atoms with Gasteiger partial charge >= 0.3 is 15.1 Å². The van der Waals surface area contributed by atoms with Crippen LogP contribution in [0.15, 0.2) is 0 Å². The van der Waals surface area contributed by atoms with Crippen molar-refractivity contribution < 1.29 is 0 Å². The average molecular weight is 256 g/mol. The Morgan fingerprint density at radius 1 is 0.688 bits per heavy atom. The Bertz CT molecular complexity index is 208. The first kappa shape index (κ1) is 17.0. The molecular formula is C12H28B2P2+2. The molecule has 0 heterocycles. The molecule has 0 aliphatic heterocycles. The predicted octanol–water partition coefficient (Wildman–Crippen LogP) is 4.05. The van der Waals surface area contributed by atoms with Crippen molar-refractivity contribution in [3.05, 3.63) is 0 Å². The van der Waals surface area contributed by atoms with Gasteiger partial charge in [0.25, 0.3) is 0 Å². The third-order valence-corrected chi connectivity index (χ3v) is 12.9. The third-order valence-electron chi connectivity index (χ3n) is 4.09. The standard InChI is InChI=1S/C12H28B2P2/c1-11(2,3)15(7,13)9-10-16(8,14)12(4,5)6/h9-10H2,1-8H3/q+2. The third kappa shape index (κ3) is 4.34. The van der Waals surface area contributed by atoms with Crippen LogP contribution in [0.25, 0.3) is 0 Å². The molecule has 0 saturated heterocycles. The summed E-state index contributed by atoms with van der Waals surface area (Å²) in [6.45, 7) is 18.0. The van der Waals surface area contributed by atoms with Crippen LogP contribution in [-0.4, -0.2) is 51.1 Å². The fourth-order valence-electron chi connectivity index (χ4n) is 1.09. The van der Waals surface area contributed by atoms with E-state index in [2.05, 4.69) is 54.9 Å². The van der Waals surface area contributed by atoms with Crippen LogP contribution in [-0.2, 0) is 0 Å². The van der Waals surface area contributed by atoms with Crippen LogP contribution < -0.4 is 0 Å². The molecule has 2 atom stereocenters. The van der Waals surface area contributed by atoms with E-state index in [1.54, 1.807) is 0 Å². The lowest BCUT2D eigenvalue weighted by molar-refractivity contribution is 0.773. The first-order chi connectivity index (χ1) is 6.71. The van der Waals surface area contributed by atoms with Crippen molar-refractivity contribution >= 4 is 29.4 Å². The van der Waals surface area contributed by atoms with E-state index < -0.39 is 14.3 Å². The van der Waals surface area contributed by atoms with E-state index >= 15 is 0 Å². The van der Waals surface area contributed by atoms with Crippen LogP contribution in [0.2, 0.25) is 0 Å². The van der Waals surface area contributed by atoms with Gasteiger partial charge in [0, 0.05) is 13.3 Å². The largest absolute Gasteiger partial charge is 0.365 e. The second-order valence-electron chi connectivity index (χ2n) is 7.32. The Kier molecular flexibility index (Phi) is 5.24. The molecule has 16 heavy (non-hydrogen) atoms. The summed E-state index contributed by atoms with van der Waals surface area (Å²) >= 11 is 0. The molecule has 0 fully saturated rings. The zero-order valence-corrected chi connectivity index (χ0v) is 14.3. The minimum Gasteiger partial charge on any atom is -0.0343 e. The first-order valence-corrected chi connectivity index (χ1v) is 11.0. The number of rotatable bonds is 3. The van der Waals surface area contributed by atoms with Crippen LogP contribution in [0, 0.1) is 0 Å². The lowest BCUT2D eigenvalue weighted by atomic mass is 10.3. The molecule has 0 aliphatic carbocycles. The summed E-state index contributed by atoms with van der Waals surface area (Å²) < 4.78 is 0. The summed E-state index contributed by atoms with van der Waals surface area (Å²) in [5.74, 6) is 0. The topological polar surface area (TPSA) is 0 Å². The van der Waals surface area contributed by atoms with Gasteiger partial charge in [0.1, 0.15) is 0 Å². The molecule has 0 amide bonds. The van der Waals surface area contributed by atoms with E-state index in [0.717, 1.165) is 12.3 Å². The van der Waals surface area contributed by atoms with Gasteiger partial charge in [0.2, 0.25) is 0 Å². The minimum atomic E-state index is -1.34. The molecule has 0 saturated carbocycles.